The lowest BCUT2D eigenvalue weighted by Crippen LogP contribution is -2.43. The van der Waals surface area contributed by atoms with Crippen LogP contribution in [0.2, 0.25) is 0 Å². The van der Waals surface area contributed by atoms with Crippen LogP contribution in [0.5, 0.6) is 0 Å². The van der Waals surface area contributed by atoms with E-state index in [0.717, 1.165) is 36.9 Å². The summed E-state index contributed by atoms with van der Waals surface area (Å²) in [5.41, 5.74) is -0.848. The van der Waals surface area contributed by atoms with Gasteiger partial charge in [0.05, 0.1) is 13.1 Å². The standard InChI is InChI=1S/C14H26N6.2C3H4O2/c1-9-7-15-11(17-9)13(3,4)19-20-14(5,6)12-16-8-10(2)18-12;2*1-2-3(4)5/h9-10H,7-8H2,1-6H3,(H,15,17)(H,16,18);2*2H,1H2,(H,4,5). The van der Waals surface area contributed by atoms with Crippen molar-refractivity contribution < 1.29 is 19.8 Å². The van der Waals surface area contributed by atoms with Gasteiger partial charge in [-0.3, -0.25) is 9.98 Å². The van der Waals surface area contributed by atoms with Gasteiger partial charge in [-0.15, -0.1) is 0 Å². The van der Waals surface area contributed by atoms with Crippen LogP contribution in [0, 0.1) is 0 Å². The number of hydrogen-bond acceptors (Lipinski definition) is 8. The van der Waals surface area contributed by atoms with Crippen molar-refractivity contribution in [2.24, 2.45) is 20.2 Å². The first-order valence-electron chi connectivity index (χ1n) is 9.52. The zero-order chi connectivity index (χ0) is 23.5. The molecule has 30 heavy (non-hydrogen) atoms. The van der Waals surface area contributed by atoms with E-state index < -0.39 is 23.0 Å². The average Bonchev–Trinajstić information content (AvgIpc) is 3.30. The number of hydrogen-bond donors (Lipinski definition) is 4. The van der Waals surface area contributed by atoms with Crippen LogP contribution in [-0.2, 0) is 9.59 Å². The largest absolute Gasteiger partial charge is 0.478 e. The van der Waals surface area contributed by atoms with Crippen LogP contribution in [0.4, 0.5) is 0 Å². The highest BCUT2D eigenvalue weighted by atomic mass is 16.4. The summed E-state index contributed by atoms with van der Waals surface area (Å²) in [7, 11) is 0. The molecule has 2 rings (SSSR count). The molecule has 0 spiro atoms. The Morgan fingerprint density at radius 3 is 1.33 bits per heavy atom. The molecular weight excluding hydrogens is 388 g/mol. The SMILES string of the molecule is C=CC(=O)O.C=CC(=O)O.CC1CN=C(C(C)(C)N=NC(C)(C)C2=NCC(C)N2)N1. The van der Waals surface area contributed by atoms with Crippen LogP contribution in [0.25, 0.3) is 0 Å². The lowest BCUT2D eigenvalue weighted by atomic mass is 10.0. The fourth-order valence-electron chi connectivity index (χ4n) is 2.19. The fraction of sp³-hybridized carbons (Fsp3) is 0.600. The maximum Gasteiger partial charge on any atom is 0.327 e. The first-order valence-corrected chi connectivity index (χ1v) is 9.52. The van der Waals surface area contributed by atoms with E-state index in [1.165, 1.54) is 0 Å². The van der Waals surface area contributed by atoms with Gasteiger partial charge in [-0.1, -0.05) is 13.2 Å². The van der Waals surface area contributed by atoms with Crippen LogP contribution in [0.3, 0.4) is 0 Å². The van der Waals surface area contributed by atoms with Crippen molar-refractivity contribution in [2.45, 2.75) is 64.7 Å². The topological polar surface area (TPSA) is 148 Å². The Balaban J connectivity index is 0.000000702. The summed E-state index contributed by atoms with van der Waals surface area (Å²) in [6.07, 6.45) is 1.67. The second-order valence-electron chi connectivity index (χ2n) is 7.87. The number of nitrogens with zero attached hydrogens (tertiary/aromatic N) is 4. The molecular formula is C20H34N6O4. The summed E-state index contributed by atoms with van der Waals surface area (Å²) in [6, 6.07) is 0.767. The molecule has 0 radical (unpaired) electrons. The summed E-state index contributed by atoms with van der Waals surface area (Å²) in [4.78, 5) is 27.5. The van der Waals surface area contributed by atoms with Crippen molar-refractivity contribution in [3.05, 3.63) is 25.3 Å². The van der Waals surface area contributed by atoms with Gasteiger partial charge in [-0.05, 0) is 41.5 Å². The minimum Gasteiger partial charge on any atom is -0.478 e. The number of aliphatic imine (C=N–C) groups is 2. The summed E-state index contributed by atoms with van der Waals surface area (Å²) < 4.78 is 0. The molecule has 2 heterocycles. The Labute approximate surface area is 178 Å². The Morgan fingerprint density at radius 2 is 1.17 bits per heavy atom. The minimum absolute atomic E-state index is 0.384. The van der Waals surface area contributed by atoms with Crippen molar-refractivity contribution in [1.29, 1.82) is 0 Å². The highest BCUT2D eigenvalue weighted by Crippen LogP contribution is 2.20. The van der Waals surface area contributed by atoms with E-state index in [1.54, 1.807) is 0 Å². The number of carboxylic acid groups (broad SMARTS) is 2. The molecule has 0 bridgehead atoms. The van der Waals surface area contributed by atoms with E-state index in [4.69, 9.17) is 10.2 Å². The molecule has 0 aromatic carbocycles. The predicted octanol–water partition coefficient (Wildman–Crippen LogP) is 2.29. The first-order chi connectivity index (χ1) is 13.7. The molecule has 0 aliphatic carbocycles. The molecule has 2 aliphatic heterocycles. The molecule has 168 valence electrons. The number of aliphatic carboxylic acids is 2. The van der Waals surface area contributed by atoms with E-state index in [1.807, 2.05) is 27.7 Å². The van der Waals surface area contributed by atoms with Crippen LogP contribution in [0.1, 0.15) is 41.5 Å². The Hall–Kier alpha value is -3.04. The van der Waals surface area contributed by atoms with Crippen LogP contribution in [0.15, 0.2) is 45.5 Å². The van der Waals surface area contributed by atoms with Crippen molar-refractivity contribution in [2.75, 3.05) is 13.1 Å². The first kappa shape index (κ1) is 27.0. The number of azo groups is 1. The van der Waals surface area contributed by atoms with Gasteiger partial charge in [-0.25, -0.2) is 9.59 Å². The van der Waals surface area contributed by atoms with E-state index in [2.05, 4.69) is 57.9 Å². The Bertz CT molecular complexity index is 665. The summed E-state index contributed by atoms with van der Waals surface area (Å²) in [5, 5.41) is 31.0. The molecule has 0 aromatic rings. The van der Waals surface area contributed by atoms with Gasteiger partial charge < -0.3 is 20.8 Å². The number of rotatable bonds is 6. The molecule has 0 fully saturated rings. The summed E-state index contributed by atoms with van der Waals surface area (Å²) in [6.45, 7) is 19.9. The number of carboxylic acids is 2. The number of carbonyl (C=O) groups is 2. The van der Waals surface area contributed by atoms with Crippen LogP contribution < -0.4 is 10.6 Å². The zero-order valence-corrected chi connectivity index (χ0v) is 18.6. The van der Waals surface area contributed by atoms with Gasteiger partial charge in [-0.2, -0.15) is 10.2 Å². The van der Waals surface area contributed by atoms with Crippen molar-refractivity contribution in [3.63, 3.8) is 0 Å². The quantitative estimate of drug-likeness (QED) is 0.381. The molecule has 10 heteroatoms. The van der Waals surface area contributed by atoms with Gasteiger partial charge in [0.15, 0.2) is 0 Å². The number of nitrogens with one attached hydrogen (secondary N) is 2. The third kappa shape index (κ3) is 9.94. The average molecular weight is 423 g/mol. The highest BCUT2D eigenvalue weighted by Gasteiger charge is 2.33. The molecule has 4 N–H and O–H groups in total. The summed E-state index contributed by atoms with van der Waals surface area (Å²) >= 11 is 0. The van der Waals surface area contributed by atoms with E-state index in [-0.39, 0.29) is 0 Å². The molecule has 2 aliphatic rings. The predicted molar refractivity (Wildman–Crippen MR) is 118 cm³/mol. The maximum absolute atomic E-state index is 9.25. The van der Waals surface area contributed by atoms with Gasteiger partial charge in [0.2, 0.25) is 0 Å². The molecule has 0 amide bonds. The van der Waals surface area contributed by atoms with Crippen molar-refractivity contribution in [3.8, 4) is 0 Å². The third-order valence-corrected chi connectivity index (χ3v) is 3.87. The molecule has 0 aromatic heterocycles. The number of amidine groups is 2. The molecule has 2 unspecified atom stereocenters. The lowest BCUT2D eigenvalue weighted by Gasteiger charge is -2.24. The van der Waals surface area contributed by atoms with Gasteiger partial charge in [0.25, 0.3) is 0 Å². The molecule has 0 saturated carbocycles. The highest BCUT2D eigenvalue weighted by molar-refractivity contribution is 5.93. The lowest BCUT2D eigenvalue weighted by molar-refractivity contribution is -0.132. The molecule has 10 nitrogen and oxygen atoms in total. The second-order valence-corrected chi connectivity index (χ2v) is 7.87. The van der Waals surface area contributed by atoms with Crippen LogP contribution >= 0.6 is 0 Å². The van der Waals surface area contributed by atoms with Crippen LogP contribution in [-0.4, -0.2) is 70.1 Å². The molecule has 2 atom stereocenters. The Morgan fingerprint density at radius 1 is 0.900 bits per heavy atom. The van der Waals surface area contributed by atoms with E-state index in [0.29, 0.717) is 12.1 Å². The van der Waals surface area contributed by atoms with Gasteiger partial charge in [0.1, 0.15) is 22.7 Å². The fourth-order valence-corrected chi connectivity index (χ4v) is 2.19. The zero-order valence-electron chi connectivity index (χ0n) is 18.6. The smallest absolute Gasteiger partial charge is 0.327 e. The normalized spacial score (nSPS) is 20.3. The van der Waals surface area contributed by atoms with Gasteiger partial charge in [0, 0.05) is 24.2 Å². The second kappa shape index (κ2) is 11.8. The van der Waals surface area contributed by atoms with E-state index >= 15 is 0 Å². The van der Waals surface area contributed by atoms with Gasteiger partial charge >= 0.3 is 11.9 Å². The van der Waals surface area contributed by atoms with E-state index in [9.17, 15) is 9.59 Å². The minimum atomic E-state index is -0.981. The maximum atomic E-state index is 9.25. The Kier molecular flexibility index (Phi) is 10.6. The van der Waals surface area contributed by atoms with Crippen molar-refractivity contribution >= 4 is 23.6 Å². The van der Waals surface area contributed by atoms with Crippen molar-refractivity contribution in [1.82, 2.24) is 10.6 Å². The molecule has 0 saturated heterocycles. The monoisotopic (exact) mass is 422 g/mol. The summed E-state index contributed by atoms with van der Waals surface area (Å²) in [5.74, 6) is -0.131. The third-order valence-electron chi connectivity index (χ3n) is 3.87.